The van der Waals surface area contributed by atoms with Crippen LogP contribution in [0.4, 0.5) is 5.69 Å². The summed E-state index contributed by atoms with van der Waals surface area (Å²) >= 11 is 0. The van der Waals surface area contributed by atoms with Gasteiger partial charge in [0.15, 0.2) is 0 Å². The number of hydrogen-bond donors (Lipinski definition) is 2. The van der Waals surface area contributed by atoms with E-state index in [1.165, 1.54) is 29.7 Å². The van der Waals surface area contributed by atoms with Crippen LogP contribution in [0.3, 0.4) is 0 Å². The van der Waals surface area contributed by atoms with Gasteiger partial charge < -0.3 is 10.6 Å². The third-order valence-corrected chi connectivity index (χ3v) is 3.20. The van der Waals surface area contributed by atoms with Crippen LogP contribution < -0.4 is 10.6 Å². The maximum atomic E-state index is 3.46. The van der Waals surface area contributed by atoms with Gasteiger partial charge in [0.05, 0.1) is 0 Å². The van der Waals surface area contributed by atoms with E-state index in [1.54, 1.807) is 0 Å². The van der Waals surface area contributed by atoms with Crippen molar-refractivity contribution in [2.24, 2.45) is 0 Å². The van der Waals surface area contributed by atoms with E-state index in [4.69, 9.17) is 0 Å². The first-order chi connectivity index (χ1) is 7.79. The fourth-order valence-electron chi connectivity index (χ4n) is 2.43. The molecule has 1 heterocycles. The highest BCUT2D eigenvalue weighted by atomic mass is 14.9. The first kappa shape index (κ1) is 11.5. The van der Waals surface area contributed by atoms with E-state index in [-0.39, 0.29) is 0 Å². The van der Waals surface area contributed by atoms with Gasteiger partial charge in [0.2, 0.25) is 0 Å². The number of nitrogens with one attached hydrogen (secondary N) is 2. The zero-order chi connectivity index (χ0) is 11.4. The second kappa shape index (κ2) is 5.35. The summed E-state index contributed by atoms with van der Waals surface area (Å²) in [7, 11) is 0. The van der Waals surface area contributed by atoms with Crippen molar-refractivity contribution >= 4 is 5.69 Å². The molecule has 1 aromatic carbocycles. The molecule has 0 saturated heterocycles. The molecule has 2 heteroatoms. The van der Waals surface area contributed by atoms with Gasteiger partial charge in [-0.3, -0.25) is 0 Å². The highest BCUT2D eigenvalue weighted by Crippen LogP contribution is 2.23. The minimum Gasteiger partial charge on any atom is -0.385 e. The fourth-order valence-corrected chi connectivity index (χ4v) is 2.43. The molecular formula is C14H22N2. The van der Waals surface area contributed by atoms with Crippen molar-refractivity contribution in [2.75, 3.05) is 18.4 Å². The summed E-state index contributed by atoms with van der Waals surface area (Å²) in [5, 5.41) is 6.91. The molecule has 0 fully saturated rings. The topological polar surface area (TPSA) is 24.1 Å². The van der Waals surface area contributed by atoms with E-state index >= 15 is 0 Å². The Bertz CT molecular complexity index is 347. The van der Waals surface area contributed by atoms with E-state index in [1.807, 2.05) is 0 Å². The van der Waals surface area contributed by atoms with Crippen molar-refractivity contribution in [3.63, 3.8) is 0 Å². The van der Waals surface area contributed by atoms with E-state index in [0.717, 1.165) is 19.5 Å². The minimum atomic E-state index is 0.569. The fraction of sp³-hybridized carbons (Fsp3) is 0.571. The summed E-state index contributed by atoms with van der Waals surface area (Å²) in [4.78, 5) is 0. The highest BCUT2D eigenvalue weighted by molar-refractivity contribution is 5.54. The molecule has 0 radical (unpaired) electrons. The quantitative estimate of drug-likeness (QED) is 0.811. The Kier molecular flexibility index (Phi) is 3.83. The first-order valence-corrected chi connectivity index (χ1v) is 6.38. The Hall–Kier alpha value is -1.02. The van der Waals surface area contributed by atoms with Crippen LogP contribution in [0.25, 0.3) is 0 Å². The molecule has 0 amide bonds. The number of aryl methyl sites for hydroxylation is 1. The number of benzene rings is 1. The van der Waals surface area contributed by atoms with E-state index < -0.39 is 0 Å². The second-order valence-electron chi connectivity index (χ2n) is 4.68. The maximum Gasteiger partial charge on any atom is 0.0372 e. The molecule has 16 heavy (non-hydrogen) atoms. The molecule has 0 bridgehead atoms. The average Bonchev–Trinajstić information content (AvgIpc) is 2.29. The van der Waals surface area contributed by atoms with Crippen LogP contribution in [0.15, 0.2) is 18.2 Å². The van der Waals surface area contributed by atoms with E-state index in [0.29, 0.717) is 6.04 Å². The molecule has 1 atom stereocenters. The van der Waals surface area contributed by atoms with Gasteiger partial charge in [-0.25, -0.2) is 0 Å². The zero-order valence-corrected chi connectivity index (χ0v) is 10.3. The molecule has 1 aromatic rings. The lowest BCUT2D eigenvalue weighted by Crippen LogP contribution is -2.27. The normalized spacial score (nSPS) is 16.4. The molecular weight excluding hydrogens is 196 g/mol. The van der Waals surface area contributed by atoms with Crippen molar-refractivity contribution in [3.8, 4) is 0 Å². The van der Waals surface area contributed by atoms with Crippen molar-refractivity contribution in [2.45, 2.75) is 39.2 Å². The maximum absolute atomic E-state index is 3.46. The summed E-state index contributed by atoms with van der Waals surface area (Å²) in [5.74, 6) is 0. The van der Waals surface area contributed by atoms with Crippen molar-refractivity contribution in [3.05, 3.63) is 29.3 Å². The number of likely N-dealkylation sites (N-methyl/N-ethyl adjacent to an activating group) is 1. The van der Waals surface area contributed by atoms with Gasteiger partial charge in [0.25, 0.3) is 0 Å². The molecule has 2 N–H and O–H groups in total. The largest absolute Gasteiger partial charge is 0.385 e. The Morgan fingerprint density at radius 1 is 1.44 bits per heavy atom. The monoisotopic (exact) mass is 218 g/mol. The van der Waals surface area contributed by atoms with Gasteiger partial charge >= 0.3 is 0 Å². The predicted molar refractivity (Wildman–Crippen MR) is 70.1 cm³/mol. The Morgan fingerprint density at radius 3 is 3.12 bits per heavy atom. The third kappa shape index (κ3) is 2.76. The second-order valence-corrected chi connectivity index (χ2v) is 4.68. The van der Waals surface area contributed by atoms with Crippen LogP contribution in [0.1, 0.15) is 31.4 Å². The first-order valence-electron chi connectivity index (χ1n) is 6.38. The standard InChI is InChI=1S/C14H22N2/c1-3-15-11(2)9-12-6-7-14-13(10-12)5-4-8-16-14/h6-7,10-11,15-16H,3-5,8-9H2,1-2H3. The van der Waals surface area contributed by atoms with Crippen LogP contribution in [0, 0.1) is 0 Å². The molecule has 2 rings (SSSR count). The molecule has 1 aliphatic rings. The minimum absolute atomic E-state index is 0.569. The molecule has 1 aliphatic heterocycles. The Labute approximate surface area is 98.4 Å². The van der Waals surface area contributed by atoms with E-state index in [9.17, 15) is 0 Å². The summed E-state index contributed by atoms with van der Waals surface area (Å²) in [6, 6.07) is 7.43. The SMILES string of the molecule is CCNC(C)Cc1ccc2c(c1)CCCN2. The third-order valence-electron chi connectivity index (χ3n) is 3.20. The predicted octanol–water partition coefficient (Wildman–Crippen LogP) is 2.59. The van der Waals surface area contributed by atoms with E-state index in [2.05, 4.69) is 42.7 Å². The van der Waals surface area contributed by atoms with Crippen molar-refractivity contribution in [1.82, 2.24) is 5.32 Å². The lowest BCUT2D eigenvalue weighted by Gasteiger charge is -2.19. The van der Waals surface area contributed by atoms with Gasteiger partial charge in [0.1, 0.15) is 0 Å². The summed E-state index contributed by atoms with van der Waals surface area (Å²) in [6.45, 7) is 6.59. The molecule has 2 nitrogen and oxygen atoms in total. The Morgan fingerprint density at radius 2 is 2.31 bits per heavy atom. The lowest BCUT2D eigenvalue weighted by atomic mass is 9.98. The smallest absolute Gasteiger partial charge is 0.0372 e. The van der Waals surface area contributed by atoms with Gasteiger partial charge in [-0.05, 0) is 49.9 Å². The number of hydrogen-bond acceptors (Lipinski definition) is 2. The molecule has 0 aromatic heterocycles. The Balaban J connectivity index is 2.05. The number of rotatable bonds is 4. The van der Waals surface area contributed by atoms with Crippen LogP contribution in [-0.4, -0.2) is 19.1 Å². The van der Waals surface area contributed by atoms with Gasteiger partial charge in [-0.2, -0.15) is 0 Å². The average molecular weight is 218 g/mol. The lowest BCUT2D eigenvalue weighted by molar-refractivity contribution is 0.565. The highest BCUT2D eigenvalue weighted by Gasteiger charge is 2.09. The van der Waals surface area contributed by atoms with Crippen LogP contribution in [0.2, 0.25) is 0 Å². The summed E-state index contributed by atoms with van der Waals surface area (Å²) in [6.07, 6.45) is 3.62. The molecule has 0 saturated carbocycles. The number of anilines is 1. The molecule has 0 aliphatic carbocycles. The van der Waals surface area contributed by atoms with Gasteiger partial charge in [0, 0.05) is 18.3 Å². The van der Waals surface area contributed by atoms with Crippen molar-refractivity contribution < 1.29 is 0 Å². The molecule has 88 valence electrons. The van der Waals surface area contributed by atoms with Crippen LogP contribution in [0.5, 0.6) is 0 Å². The molecule has 1 unspecified atom stereocenters. The zero-order valence-electron chi connectivity index (χ0n) is 10.3. The summed E-state index contributed by atoms with van der Waals surface area (Å²) < 4.78 is 0. The van der Waals surface area contributed by atoms with Crippen molar-refractivity contribution in [1.29, 1.82) is 0 Å². The van der Waals surface area contributed by atoms with Crippen LogP contribution in [-0.2, 0) is 12.8 Å². The van der Waals surface area contributed by atoms with Gasteiger partial charge in [-0.1, -0.05) is 19.1 Å². The van der Waals surface area contributed by atoms with Crippen LogP contribution >= 0.6 is 0 Å². The molecule has 0 spiro atoms. The van der Waals surface area contributed by atoms with Gasteiger partial charge in [-0.15, -0.1) is 0 Å². The summed E-state index contributed by atoms with van der Waals surface area (Å²) in [5.41, 5.74) is 4.29. The number of fused-ring (bicyclic) bond motifs is 1.